The van der Waals surface area contributed by atoms with Crippen LogP contribution in [0.4, 0.5) is 0 Å². The normalized spacial score (nSPS) is 10.2. The summed E-state index contributed by atoms with van der Waals surface area (Å²) in [4.78, 5) is 23.1. The molecule has 0 spiro atoms. The average molecular weight is 258 g/mol. The molecule has 0 atom stereocenters. The van der Waals surface area contributed by atoms with E-state index >= 15 is 0 Å². The number of methoxy groups -OCH3 is 1. The number of carbonyl (C=O) groups excluding carboxylic acids is 1. The van der Waals surface area contributed by atoms with E-state index in [4.69, 9.17) is 10.5 Å². The maximum atomic E-state index is 11.8. The molecule has 0 saturated carbocycles. The van der Waals surface area contributed by atoms with Gasteiger partial charge in [0.05, 0.1) is 13.7 Å². The van der Waals surface area contributed by atoms with Gasteiger partial charge in [0.15, 0.2) is 0 Å². The van der Waals surface area contributed by atoms with Gasteiger partial charge in [-0.15, -0.1) is 0 Å². The molecule has 0 fully saturated rings. The van der Waals surface area contributed by atoms with Crippen molar-refractivity contribution in [1.82, 2.24) is 4.57 Å². The fraction of sp³-hybridized carbons (Fsp3) is 0.143. The third-order valence-electron chi connectivity index (χ3n) is 2.80. The van der Waals surface area contributed by atoms with Crippen LogP contribution in [0.2, 0.25) is 0 Å². The Morgan fingerprint density at radius 3 is 2.47 bits per heavy atom. The number of amides is 1. The molecule has 2 aromatic rings. The van der Waals surface area contributed by atoms with E-state index in [1.165, 1.54) is 22.8 Å². The maximum absolute atomic E-state index is 11.8. The highest BCUT2D eigenvalue weighted by molar-refractivity contribution is 5.91. The van der Waals surface area contributed by atoms with Crippen molar-refractivity contribution < 1.29 is 9.53 Å². The first-order valence-electron chi connectivity index (χ1n) is 5.74. The molecule has 1 amide bonds. The maximum Gasteiger partial charge on any atom is 0.265 e. The van der Waals surface area contributed by atoms with Gasteiger partial charge in [0.2, 0.25) is 0 Å². The first-order chi connectivity index (χ1) is 9.11. The predicted molar refractivity (Wildman–Crippen MR) is 71.3 cm³/mol. The molecule has 98 valence electrons. The number of hydrogen-bond donors (Lipinski definition) is 1. The largest absolute Gasteiger partial charge is 0.497 e. The molecule has 5 nitrogen and oxygen atoms in total. The molecule has 0 aliphatic heterocycles. The number of ether oxygens (including phenoxy) is 1. The summed E-state index contributed by atoms with van der Waals surface area (Å²) in [6.45, 7) is 0.294. The second kappa shape index (κ2) is 5.39. The quantitative estimate of drug-likeness (QED) is 0.889. The highest BCUT2D eigenvalue weighted by Gasteiger charge is 2.09. The lowest BCUT2D eigenvalue weighted by Gasteiger charge is -2.10. The Hall–Kier alpha value is -2.56. The first-order valence-corrected chi connectivity index (χ1v) is 5.74. The zero-order valence-corrected chi connectivity index (χ0v) is 10.5. The van der Waals surface area contributed by atoms with Crippen LogP contribution in [0.5, 0.6) is 5.75 Å². The molecule has 0 saturated heterocycles. The standard InChI is InChI=1S/C14H14N2O3/c1-19-11-7-5-10(6-8-11)9-16-12(14(15)18)3-2-4-13(16)17/h2-8H,9H2,1H3,(H2,15,18). The van der Waals surface area contributed by atoms with Gasteiger partial charge in [0.25, 0.3) is 11.5 Å². The van der Waals surface area contributed by atoms with Crippen molar-refractivity contribution in [1.29, 1.82) is 0 Å². The lowest BCUT2D eigenvalue weighted by molar-refractivity contribution is 0.0990. The van der Waals surface area contributed by atoms with Gasteiger partial charge in [-0.05, 0) is 23.8 Å². The van der Waals surface area contributed by atoms with Gasteiger partial charge in [0.1, 0.15) is 11.4 Å². The number of rotatable bonds is 4. The average Bonchev–Trinajstić information content (AvgIpc) is 2.41. The first kappa shape index (κ1) is 12.9. The van der Waals surface area contributed by atoms with Gasteiger partial charge >= 0.3 is 0 Å². The summed E-state index contributed by atoms with van der Waals surface area (Å²) in [5, 5.41) is 0. The van der Waals surface area contributed by atoms with Gasteiger partial charge < -0.3 is 10.5 Å². The number of carbonyl (C=O) groups is 1. The number of aromatic nitrogens is 1. The minimum absolute atomic E-state index is 0.198. The van der Waals surface area contributed by atoms with Crippen molar-refractivity contribution in [3.05, 3.63) is 64.1 Å². The number of pyridine rings is 1. The third kappa shape index (κ3) is 2.82. The molecule has 0 bridgehead atoms. The van der Waals surface area contributed by atoms with Crippen LogP contribution < -0.4 is 16.0 Å². The topological polar surface area (TPSA) is 74.3 Å². The predicted octanol–water partition coefficient (Wildman–Crippen LogP) is 1.00. The van der Waals surface area contributed by atoms with Crippen molar-refractivity contribution >= 4 is 5.91 Å². The van der Waals surface area contributed by atoms with E-state index < -0.39 is 5.91 Å². The summed E-state index contributed by atoms with van der Waals surface area (Å²) in [7, 11) is 1.59. The SMILES string of the molecule is COc1ccc(Cn2c(C(N)=O)cccc2=O)cc1. The van der Waals surface area contributed by atoms with E-state index in [-0.39, 0.29) is 11.3 Å². The second-order valence-corrected chi connectivity index (χ2v) is 4.05. The molecule has 0 unspecified atom stereocenters. The van der Waals surface area contributed by atoms with Crippen molar-refractivity contribution in [2.24, 2.45) is 5.73 Å². The van der Waals surface area contributed by atoms with Crippen LogP contribution >= 0.6 is 0 Å². The Kier molecular flexibility index (Phi) is 3.66. The van der Waals surface area contributed by atoms with Crippen LogP contribution in [-0.2, 0) is 6.54 Å². The van der Waals surface area contributed by atoms with E-state index in [2.05, 4.69) is 0 Å². The Labute approximate surface area is 110 Å². The molecule has 0 radical (unpaired) electrons. The molecule has 2 rings (SSSR count). The molecular formula is C14H14N2O3. The number of hydrogen-bond acceptors (Lipinski definition) is 3. The van der Waals surface area contributed by atoms with E-state index in [1.807, 2.05) is 12.1 Å². The Bertz CT molecular complexity index is 644. The van der Waals surface area contributed by atoms with Crippen LogP contribution in [0.25, 0.3) is 0 Å². The number of primary amides is 1. The zero-order valence-electron chi connectivity index (χ0n) is 10.5. The molecule has 2 N–H and O–H groups in total. The van der Waals surface area contributed by atoms with Crippen LogP contribution in [0.3, 0.4) is 0 Å². The van der Waals surface area contributed by atoms with Gasteiger partial charge in [-0.2, -0.15) is 0 Å². The van der Waals surface area contributed by atoms with Crippen molar-refractivity contribution in [2.45, 2.75) is 6.54 Å². The summed E-state index contributed by atoms with van der Waals surface area (Å²) < 4.78 is 6.41. The molecular weight excluding hydrogens is 244 g/mol. The Morgan fingerprint density at radius 1 is 1.21 bits per heavy atom. The summed E-state index contributed by atoms with van der Waals surface area (Å²) in [5.74, 6) is 0.116. The van der Waals surface area contributed by atoms with E-state index in [0.717, 1.165) is 11.3 Å². The van der Waals surface area contributed by atoms with Gasteiger partial charge in [0, 0.05) is 6.07 Å². The summed E-state index contributed by atoms with van der Waals surface area (Å²) >= 11 is 0. The minimum atomic E-state index is -0.619. The fourth-order valence-electron chi connectivity index (χ4n) is 1.81. The Balaban J connectivity index is 2.37. The monoisotopic (exact) mass is 258 g/mol. The lowest BCUT2D eigenvalue weighted by Crippen LogP contribution is -2.28. The lowest BCUT2D eigenvalue weighted by atomic mass is 10.2. The molecule has 0 aliphatic carbocycles. The van der Waals surface area contributed by atoms with Crippen molar-refractivity contribution in [3.63, 3.8) is 0 Å². The smallest absolute Gasteiger partial charge is 0.265 e. The van der Waals surface area contributed by atoms with E-state index in [1.54, 1.807) is 19.2 Å². The van der Waals surface area contributed by atoms with Gasteiger partial charge in [-0.25, -0.2) is 0 Å². The fourth-order valence-corrected chi connectivity index (χ4v) is 1.81. The molecule has 19 heavy (non-hydrogen) atoms. The molecule has 5 heteroatoms. The summed E-state index contributed by atoms with van der Waals surface area (Å²) in [6, 6.07) is 11.7. The number of benzene rings is 1. The molecule has 1 aromatic heterocycles. The molecule has 1 heterocycles. The highest BCUT2D eigenvalue weighted by atomic mass is 16.5. The minimum Gasteiger partial charge on any atom is -0.497 e. The van der Waals surface area contributed by atoms with Crippen LogP contribution in [0, 0.1) is 0 Å². The molecule has 0 aliphatic rings. The van der Waals surface area contributed by atoms with Gasteiger partial charge in [-0.3, -0.25) is 14.2 Å². The highest BCUT2D eigenvalue weighted by Crippen LogP contribution is 2.12. The third-order valence-corrected chi connectivity index (χ3v) is 2.80. The van der Waals surface area contributed by atoms with E-state index in [0.29, 0.717) is 6.54 Å². The number of nitrogens with zero attached hydrogens (tertiary/aromatic N) is 1. The van der Waals surface area contributed by atoms with Crippen LogP contribution in [0.15, 0.2) is 47.3 Å². The van der Waals surface area contributed by atoms with Crippen molar-refractivity contribution in [2.75, 3.05) is 7.11 Å². The molecule has 1 aromatic carbocycles. The van der Waals surface area contributed by atoms with E-state index in [9.17, 15) is 9.59 Å². The van der Waals surface area contributed by atoms with Crippen LogP contribution in [0.1, 0.15) is 16.1 Å². The van der Waals surface area contributed by atoms with Crippen molar-refractivity contribution in [3.8, 4) is 5.75 Å². The number of nitrogens with two attached hydrogens (primary N) is 1. The van der Waals surface area contributed by atoms with Crippen LogP contribution in [-0.4, -0.2) is 17.6 Å². The summed E-state index contributed by atoms with van der Waals surface area (Å²) in [5.41, 5.74) is 6.09. The summed E-state index contributed by atoms with van der Waals surface area (Å²) in [6.07, 6.45) is 0. The van der Waals surface area contributed by atoms with Gasteiger partial charge in [-0.1, -0.05) is 18.2 Å². The second-order valence-electron chi connectivity index (χ2n) is 4.05. The Morgan fingerprint density at radius 2 is 1.89 bits per heavy atom. The zero-order chi connectivity index (χ0) is 13.8.